The highest BCUT2D eigenvalue weighted by atomic mass is 16.5. The highest BCUT2D eigenvalue weighted by Crippen LogP contribution is 2.32. The predicted octanol–water partition coefficient (Wildman–Crippen LogP) is 1.52. The van der Waals surface area contributed by atoms with Gasteiger partial charge in [0.25, 0.3) is 0 Å². The molecule has 1 atom stereocenters. The highest BCUT2D eigenvalue weighted by molar-refractivity contribution is 4.87. The molecule has 0 aromatic rings. The molecular weight excluding hydrogens is 200 g/mol. The summed E-state index contributed by atoms with van der Waals surface area (Å²) < 4.78 is 5.45. The van der Waals surface area contributed by atoms with Gasteiger partial charge in [-0.15, -0.1) is 0 Å². The molecule has 94 valence electrons. The highest BCUT2D eigenvalue weighted by Gasteiger charge is 2.31. The second kappa shape index (κ2) is 5.99. The van der Waals surface area contributed by atoms with Gasteiger partial charge >= 0.3 is 0 Å². The smallest absolute Gasteiger partial charge is 0.0469 e. The molecule has 1 heterocycles. The van der Waals surface area contributed by atoms with Crippen LogP contribution in [0.4, 0.5) is 0 Å². The van der Waals surface area contributed by atoms with Gasteiger partial charge in [-0.25, -0.2) is 0 Å². The van der Waals surface area contributed by atoms with Gasteiger partial charge in [-0.05, 0) is 57.4 Å². The molecule has 1 aliphatic carbocycles. The molecule has 2 rings (SSSR count). The van der Waals surface area contributed by atoms with Crippen LogP contribution < -0.4 is 11.1 Å². The Morgan fingerprint density at radius 3 is 2.12 bits per heavy atom. The molecule has 1 saturated heterocycles. The SMILES string of the molecule is CNC(C1CCOCC1)C1CCC(N)CC1. The molecule has 0 radical (unpaired) electrons. The number of ether oxygens (including phenoxy) is 1. The van der Waals surface area contributed by atoms with Crippen molar-refractivity contribution in [2.24, 2.45) is 17.6 Å². The van der Waals surface area contributed by atoms with E-state index < -0.39 is 0 Å². The standard InChI is InChI=1S/C13H26N2O/c1-15-13(11-6-8-16-9-7-11)10-2-4-12(14)5-3-10/h10-13,15H,2-9,14H2,1H3. The third-order valence-corrected chi connectivity index (χ3v) is 4.43. The fourth-order valence-electron chi connectivity index (χ4n) is 3.44. The molecule has 3 N–H and O–H groups in total. The summed E-state index contributed by atoms with van der Waals surface area (Å²) in [5.41, 5.74) is 5.98. The van der Waals surface area contributed by atoms with Crippen LogP contribution in [-0.4, -0.2) is 32.3 Å². The van der Waals surface area contributed by atoms with Crippen molar-refractivity contribution in [2.75, 3.05) is 20.3 Å². The molecule has 1 unspecified atom stereocenters. The predicted molar refractivity (Wildman–Crippen MR) is 66.3 cm³/mol. The lowest BCUT2D eigenvalue weighted by molar-refractivity contribution is 0.0414. The Kier molecular flexibility index (Phi) is 4.62. The zero-order valence-electron chi connectivity index (χ0n) is 10.5. The maximum atomic E-state index is 5.98. The summed E-state index contributed by atoms with van der Waals surface area (Å²) in [6.07, 6.45) is 7.51. The average Bonchev–Trinajstić information content (AvgIpc) is 2.34. The van der Waals surface area contributed by atoms with Crippen LogP contribution in [-0.2, 0) is 4.74 Å². The lowest BCUT2D eigenvalue weighted by Gasteiger charge is -2.38. The molecule has 2 aliphatic rings. The van der Waals surface area contributed by atoms with Gasteiger partial charge < -0.3 is 15.8 Å². The van der Waals surface area contributed by atoms with Crippen LogP contribution in [0.25, 0.3) is 0 Å². The number of hydrogen-bond acceptors (Lipinski definition) is 3. The van der Waals surface area contributed by atoms with Crippen molar-refractivity contribution in [3.8, 4) is 0 Å². The molecule has 0 aromatic carbocycles. The molecule has 1 saturated carbocycles. The zero-order chi connectivity index (χ0) is 11.4. The van der Waals surface area contributed by atoms with Crippen LogP contribution in [0.5, 0.6) is 0 Å². The van der Waals surface area contributed by atoms with Crippen LogP contribution in [0.1, 0.15) is 38.5 Å². The van der Waals surface area contributed by atoms with Crippen molar-refractivity contribution in [1.29, 1.82) is 0 Å². The van der Waals surface area contributed by atoms with Crippen LogP contribution in [0, 0.1) is 11.8 Å². The summed E-state index contributed by atoms with van der Waals surface area (Å²) in [6, 6.07) is 1.15. The minimum absolute atomic E-state index is 0.462. The lowest BCUT2D eigenvalue weighted by atomic mass is 9.75. The molecule has 3 nitrogen and oxygen atoms in total. The van der Waals surface area contributed by atoms with Gasteiger partial charge in [-0.3, -0.25) is 0 Å². The minimum Gasteiger partial charge on any atom is -0.381 e. The fourth-order valence-corrected chi connectivity index (χ4v) is 3.44. The van der Waals surface area contributed by atoms with E-state index in [4.69, 9.17) is 10.5 Å². The third-order valence-electron chi connectivity index (χ3n) is 4.43. The fraction of sp³-hybridized carbons (Fsp3) is 1.00. The molecular formula is C13H26N2O. The summed E-state index contributed by atoms with van der Waals surface area (Å²) in [5.74, 6) is 1.66. The van der Waals surface area contributed by atoms with Gasteiger partial charge in [-0.1, -0.05) is 0 Å². The van der Waals surface area contributed by atoms with E-state index in [2.05, 4.69) is 12.4 Å². The van der Waals surface area contributed by atoms with E-state index in [0.717, 1.165) is 25.0 Å². The number of nitrogens with two attached hydrogens (primary N) is 1. The first-order valence-corrected chi connectivity index (χ1v) is 6.82. The van der Waals surface area contributed by atoms with Crippen molar-refractivity contribution < 1.29 is 4.74 Å². The van der Waals surface area contributed by atoms with E-state index in [1.54, 1.807) is 0 Å². The van der Waals surface area contributed by atoms with E-state index >= 15 is 0 Å². The normalized spacial score (nSPS) is 34.9. The van der Waals surface area contributed by atoms with E-state index in [0.29, 0.717) is 12.1 Å². The van der Waals surface area contributed by atoms with Crippen molar-refractivity contribution in [3.63, 3.8) is 0 Å². The number of nitrogens with one attached hydrogen (secondary N) is 1. The maximum absolute atomic E-state index is 5.98. The van der Waals surface area contributed by atoms with Crippen molar-refractivity contribution in [2.45, 2.75) is 50.6 Å². The van der Waals surface area contributed by atoms with Gasteiger partial charge in [0.05, 0.1) is 0 Å². The first-order chi connectivity index (χ1) is 7.81. The molecule has 0 bridgehead atoms. The van der Waals surface area contributed by atoms with Crippen LogP contribution >= 0.6 is 0 Å². The zero-order valence-corrected chi connectivity index (χ0v) is 10.5. The van der Waals surface area contributed by atoms with E-state index in [9.17, 15) is 0 Å². The summed E-state index contributed by atoms with van der Waals surface area (Å²) in [6.45, 7) is 1.91. The summed E-state index contributed by atoms with van der Waals surface area (Å²) >= 11 is 0. The van der Waals surface area contributed by atoms with Gasteiger partial charge in [-0.2, -0.15) is 0 Å². The first kappa shape index (κ1) is 12.3. The summed E-state index contributed by atoms with van der Waals surface area (Å²) in [5, 5.41) is 3.56. The van der Waals surface area contributed by atoms with Crippen LogP contribution in [0.15, 0.2) is 0 Å². The van der Waals surface area contributed by atoms with E-state index in [-0.39, 0.29) is 0 Å². The average molecular weight is 226 g/mol. The third kappa shape index (κ3) is 2.96. The lowest BCUT2D eigenvalue weighted by Crippen LogP contribution is -2.45. The summed E-state index contributed by atoms with van der Waals surface area (Å²) in [7, 11) is 2.12. The Bertz CT molecular complexity index is 196. The van der Waals surface area contributed by atoms with Gasteiger partial charge in [0, 0.05) is 25.3 Å². The second-order valence-electron chi connectivity index (χ2n) is 5.44. The maximum Gasteiger partial charge on any atom is 0.0469 e. The largest absolute Gasteiger partial charge is 0.381 e. The monoisotopic (exact) mass is 226 g/mol. The minimum atomic E-state index is 0.462. The van der Waals surface area contributed by atoms with Crippen molar-refractivity contribution in [1.82, 2.24) is 5.32 Å². The molecule has 16 heavy (non-hydrogen) atoms. The van der Waals surface area contributed by atoms with E-state index in [1.165, 1.54) is 38.5 Å². The Labute approximate surface area is 99.1 Å². The summed E-state index contributed by atoms with van der Waals surface area (Å²) in [4.78, 5) is 0. The van der Waals surface area contributed by atoms with E-state index in [1.807, 2.05) is 0 Å². The Hall–Kier alpha value is -0.120. The quantitative estimate of drug-likeness (QED) is 0.767. The Balaban J connectivity index is 1.88. The topological polar surface area (TPSA) is 47.3 Å². The van der Waals surface area contributed by atoms with Crippen LogP contribution in [0.3, 0.4) is 0 Å². The molecule has 1 aliphatic heterocycles. The van der Waals surface area contributed by atoms with Gasteiger partial charge in [0.1, 0.15) is 0 Å². The van der Waals surface area contributed by atoms with Gasteiger partial charge in [0.2, 0.25) is 0 Å². The number of rotatable bonds is 3. The first-order valence-electron chi connectivity index (χ1n) is 6.82. The second-order valence-corrected chi connectivity index (χ2v) is 5.44. The molecule has 0 spiro atoms. The Morgan fingerprint density at radius 2 is 1.56 bits per heavy atom. The number of hydrogen-bond donors (Lipinski definition) is 2. The Morgan fingerprint density at radius 1 is 1.00 bits per heavy atom. The van der Waals surface area contributed by atoms with Crippen molar-refractivity contribution in [3.05, 3.63) is 0 Å². The molecule has 0 amide bonds. The molecule has 0 aromatic heterocycles. The molecule has 2 fully saturated rings. The van der Waals surface area contributed by atoms with Gasteiger partial charge in [0.15, 0.2) is 0 Å². The molecule has 3 heteroatoms. The van der Waals surface area contributed by atoms with Crippen LogP contribution in [0.2, 0.25) is 0 Å². The van der Waals surface area contributed by atoms with Crippen molar-refractivity contribution >= 4 is 0 Å².